The van der Waals surface area contributed by atoms with E-state index in [1.165, 1.54) is 12.1 Å². The molecule has 2 heterocycles. The Kier molecular flexibility index (Phi) is 10.2. The van der Waals surface area contributed by atoms with Gasteiger partial charge in [-0.2, -0.15) is 0 Å². The van der Waals surface area contributed by atoms with Gasteiger partial charge in [-0.3, -0.25) is 4.79 Å². The average Bonchev–Trinajstić information content (AvgIpc) is 3.09. The van der Waals surface area contributed by atoms with Crippen molar-refractivity contribution in [3.63, 3.8) is 0 Å². The maximum atomic E-state index is 14.2. The summed E-state index contributed by atoms with van der Waals surface area (Å²) >= 11 is 0. The maximum Gasteiger partial charge on any atom is 0.229 e. The summed E-state index contributed by atoms with van der Waals surface area (Å²) < 4.78 is 32.9. The first-order valence-corrected chi connectivity index (χ1v) is 12.4. The summed E-state index contributed by atoms with van der Waals surface area (Å²) in [5.74, 6) is 0.328. The predicted molar refractivity (Wildman–Crippen MR) is 132 cm³/mol. The van der Waals surface area contributed by atoms with Crippen LogP contribution in [0.2, 0.25) is 0 Å². The Morgan fingerprint density at radius 2 is 2.00 bits per heavy atom. The van der Waals surface area contributed by atoms with E-state index in [4.69, 9.17) is 14.2 Å². The number of ether oxygens (including phenoxy) is 3. The Labute approximate surface area is 202 Å². The highest BCUT2D eigenvalue weighted by Crippen LogP contribution is 2.35. The molecule has 0 bridgehead atoms. The van der Waals surface area contributed by atoms with Crippen LogP contribution in [0.5, 0.6) is 5.75 Å². The number of aromatic nitrogens is 1. The average molecular weight is 478 g/mol. The lowest BCUT2D eigenvalue weighted by atomic mass is 10.0. The first-order valence-electron chi connectivity index (χ1n) is 12.4. The van der Waals surface area contributed by atoms with Gasteiger partial charge in [-0.05, 0) is 64.3 Å². The van der Waals surface area contributed by atoms with Gasteiger partial charge in [-0.15, -0.1) is 0 Å². The molecule has 0 spiro atoms. The number of nitrogens with zero attached hydrogens (tertiary/aromatic N) is 2. The second kappa shape index (κ2) is 13.1. The van der Waals surface area contributed by atoms with E-state index in [9.17, 15) is 9.18 Å². The number of amides is 1. The van der Waals surface area contributed by atoms with Gasteiger partial charge in [0.2, 0.25) is 5.91 Å². The van der Waals surface area contributed by atoms with Crippen LogP contribution in [0.1, 0.15) is 45.2 Å². The van der Waals surface area contributed by atoms with Crippen molar-refractivity contribution in [1.29, 1.82) is 0 Å². The Bertz CT molecular complexity index is 924. The molecule has 0 saturated carbocycles. The van der Waals surface area contributed by atoms with Gasteiger partial charge < -0.3 is 29.0 Å². The summed E-state index contributed by atoms with van der Waals surface area (Å²) in [7, 11) is 3.31. The molecule has 2 aromatic rings. The summed E-state index contributed by atoms with van der Waals surface area (Å²) in [5, 5.41) is 4.12. The molecule has 3 rings (SSSR count). The van der Waals surface area contributed by atoms with E-state index in [2.05, 4.69) is 23.7 Å². The zero-order valence-electron chi connectivity index (χ0n) is 21.1. The van der Waals surface area contributed by atoms with E-state index < -0.39 is 0 Å². The number of rotatable bonds is 13. The number of aryl methyl sites for hydroxylation is 1. The zero-order valence-corrected chi connectivity index (χ0v) is 21.1. The molecule has 1 aliphatic heterocycles. The van der Waals surface area contributed by atoms with Gasteiger partial charge in [0.05, 0.1) is 24.2 Å². The van der Waals surface area contributed by atoms with Crippen LogP contribution in [-0.2, 0) is 27.2 Å². The van der Waals surface area contributed by atoms with Crippen LogP contribution in [0.4, 0.5) is 4.39 Å². The smallest absolute Gasteiger partial charge is 0.229 e. The van der Waals surface area contributed by atoms with Gasteiger partial charge >= 0.3 is 0 Å². The minimum atomic E-state index is -0.324. The van der Waals surface area contributed by atoms with Gasteiger partial charge in [0.15, 0.2) is 0 Å². The summed E-state index contributed by atoms with van der Waals surface area (Å²) in [4.78, 5) is 15.7. The lowest BCUT2D eigenvalue weighted by molar-refractivity contribution is -0.135. The molecule has 1 saturated heterocycles. The van der Waals surface area contributed by atoms with Gasteiger partial charge in [0, 0.05) is 51.4 Å². The number of unbranched alkanes of at least 4 members (excludes halogenated alkanes) is 1. The van der Waals surface area contributed by atoms with Crippen LogP contribution >= 0.6 is 0 Å². The predicted octanol–water partition coefficient (Wildman–Crippen LogP) is 3.76. The fourth-order valence-corrected chi connectivity index (χ4v) is 4.90. The summed E-state index contributed by atoms with van der Waals surface area (Å²) in [6, 6.07) is 5.02. The van der Waals surface area contributed by atoms with E-state index in [1.54, 1.807) is 20.3 Å². The third kappa shape index (κ3) is 6.49. The Morgan fingerprint density at radius 3 is 2.68 bits per heavy atom. The van der Waals surface area contributed by atoms with Gasteiger partial charge in [-0.25, -0.2) is 4.39 Å². The van der Waals surface area contributed by atoms with Crippen LogP contribution in [0.3, 0.4) is 0 Å². The molecule has 1 amide bonds. The third-order valence-corrected chi connectivity index (χ3v) is 6.42. The molecule has 1 atom stereocenters. The number of halogens is 1. The number of fused-ring (bicyclic) bond motifs is 1. The fraction of sp³-hybridized carbons (Fsp3) is 0.654. The van der Waals surface area contributed by atoms with E-state index in [1.807, 2.05) is 4.90 Å². The molecule has 0 unspecified atom stereocenters. The molecule has 1 N–H and O–H groups in total. The largest absolute Gasteiger partial charge is 0.489 e. The highest BCUT2D eigenvalue weighted by Gasteiger charge is 2.30. The van der Waals surface area contributed by atoms with E-state index in [0.29, 0.717) is 37.5 Å². The molecule has 8 heteroatoms. The molecule has 1 aromatic heterocycles. The lowest BCUT2D eigenvalue weighted by Crippen LogP contribution is -2.52. The molecule has 190 valence electrons. The van der Waals surface area contributed by atoms with Gasteiger partial charge in [0.1, 0.15) is 18.2 Å². The van der Waals surface area contributed by atoms with Crippen molar-refractivity contribution in [2.75, 3.05) is 47.1 Å². The first-order chi connectivity index (χ1) is 16.5. The van der Waals surface area contributed by atoms with E-state index in [0.717, 1.165) is 50.0 Å². The molecular weight excluding hydrogens is 437 g/mol. The van der Waals surface area contributed by atoms with Crippen molar-refractivity contribution < 1.29 is 23.4 Å². The minimum absolute atomic E-state index is 0.0710. The van der Waals surface area contributed by atoms with Crippen LogP contribution in [0, 0.1) is 5.82 Å². The Morgan fingerprint density at radius 1 is 1.21 bits per heavy atom. The van der Waals surface area contributed by atoms with Gasteiger partial charge in [-0.1, -0.05) is 0 Å². The number of methoxy groups -OCH3 is 2. The van der Waals surface area contributed by atoms with Crippen molar-refractivity contribution in [2.24, 2.45) is 0 Å². The molecule has 1 aromatic carbocycles. The van der Waals surface area contributed by atoms with E-state index in [-0.39, 0.29) is 30.2 Å². The molecule has 0 aliphatic carbocycles. The number of benzene rings is 1. The van der Waals surface area contributed by atoms with E-state index >= 15 is 0 Å². The first kappa shape index (κ1) is 26.4. The van der Waals surface area contributed by atoms with Gasteiger partial charge in [0.25, 0.3) is 0 Å². The Hall–Kier alpha value is -2.16. The zero-order chi connectivity index (χ0) is 24.5. The molecule has 1 fully saturated rings. The fourth-order valence-electron chi connectivity index (χ4n) is 4.90. The number of hydrogen-bond acceptors (Lipinski definition) is 5. The Balaban J connectivity index is 1.98. The van der Waals surface area contributed by atoms with Crippen LogP contribution in [-0.4, -0.2) is 74.6 Å². The highest BCUT2D eigenvalue weighted by atomic mass is 19.1. The molecular formula is C26H40FN3O4. The summed E-state index contributed by atoms with van der Waals surface area (Å²) in [6.07, 6.45) is 4.05. The normalized spacial score (nSPS) is 16.4. The van der Waals surface area contributed by atoms with Crippen molar-refractivity contribution >= 4 is 16.8 Å². The van der Waals surface area contributed by atoms with Crippen molar-refractivity contribution in [3.8, 4) is 5.75 Å². The van der Waals surface area contributed by atoms with Crippen molar-refractivity contribution in [1.82, 2.24) is 14.8 Å². The lowest BCUT2D eigenvalue weighted by Gasteiger charge is -2.38. The standard InChI is InChI=1S/C26H40FN3O4/c1-19(2)30(21-8-7-11-28-18-21)25(31)17-24-26(34-15-14-33-4)22-16-20(27)9-10-23(22)29(24)12-5-6-13-32-3/h9-10,16,19,21,28H,5-8,11-15,17-18H2,1-4H3/t21-/m1/s1. The molecule has 7 nitrogen and oxygen atoms in total. The highest BCUT2D eigenvalue weighted by molar-refractivity contribution is 5.91. The van der Waals surface area contributed by atoms with Crippen LogP contribution in [0.15, 0.2) is 18.2 Å². The number of piperidine rings is 1. The number of nitrogens with one attached hydrogen (secondary N) is 1. The SMILES string of the molecule is COCCCCn1c(CC(=O)N(C(C)C)[C@@H]2CCCNC2)c(OCCOC)c2cc(F)ccc21. The number of carbonyl (C=O) groups excluding carboxylic acids is 1. The van der Waals surface area contributed by atoms with Crippen LogP contribution < -0.4 is 10.1 Å². The third-order valence-electron chi connectivity index (χ3n) is 6.42. The number of carbonyl (C=O) groups is 1. The minimum Gasteiger partial charge on any atom is -0.489 e. The second-order valence-electron chi connectivity index (χ2n) is 9.20. The summed E-state index contributed by atoms with van der Waals surface area (Å²) in [5.41, 5.74) is 1.68. The molecule has 0 radical (unpaired) electrons. The quantitative estimate of drug-likeness (QED) is 0.445. The van der Waals surface area contributed by atoms with Crippen LogP contribution in [0.25, 0.3) is 10.9 Å². The monoisotopic (exact) mass is 477 g/mol. The summed E-state index contributed by atoms with van der Waals surface area (Å²) in [6.45, 7) is 8.06. The molecule has 1 aliphatic rings. The van der Waals surface area contributed by atoms with Crippen molar-refractivity contribution in [2.45, 2.75) is 64.6 Å². The molecule has 34 heavy (non-hydrogen) atoms. The number of hydrogen-bond donors (Lipinski definition) is 1. The maximum absolute atomic E-state index is 14.2. The second-order valence-corrected chi connectivity index (χ2v) is 9.20. The van der Waals surface area contributed by atoms with Crippen molar-refractivity contribution in [3.05, 3.63) is 29.7 Å². The topological polar surface area (TPSA) is 65.0 Å².